The maximum absolute atomic E-state index is 11.7. The monoisotopic (exact) mass is 370 g/mol. The van der Waals surface area contributed by atoms with Crippen LogP contribution in [0.4, 0.5) is 0 Å². The molecule has 2 N–H and O–H groups in total. The molecule has 0 fully saturated rings. The Morgan fingerprint density at radius 1 is 1.37 bits per heavy atom. The van der Waals surface area contributed by atoms with Crippen molar-refractivity contribution in [3.63, 3.8) is 0 Å². The number of hydrogen-bond donors (Lipinski definition) is 2. The number of aromatic nitrogens is 1. The van der Waals surface area contributed by atoms with E-state index < -0.39 is 11.9 Å². The smallest absolute Gasteiger partial charge is 0.310 e. The van der Waals surface area contributed by atoms with Crippen LogP contribution in [-0.2, 0) is 17.9 Å². The molecule has 1 unspecified atom stereocenters. The highest BCUT2D eigenvalue weighted by molar-refractivity contribution is 5.75. The van der Waals surface area contributed by atoms with E-state index in [0.29, 0.717) is 13.1 Å². The third-order valence-electron chi connectivity index (χ3n) is 5.19. The van der Waals surface area contributed by atoms with Crippen molar-refractivity contribution in [2.24, 2.45) is 0 Å². The topological polar surface area (TPSA) is 82.6 Å². The number of H-pyrrole nitrogens is 1. The Hall–Kier alpha value is -2.60. The molecule has 0 spiro atoms. The molecule has 144 valence electrons. The molecule has 2 atom stereocenters. The first-order valence-electron chi connectivity index (χ1n) is 9.30. The van der Waals surface area contributed by atoms with Gasteiger partial charge in [-0.3, -0.25) is 14.5 Å². The van der Waals surface area contributed by atoms with Gasteiger partial charge in [0, 0.05) is 25.7 Å². The molecule has 1 aliphatic rings. The van der Waals surface area contributed by atoms with Gasteiger partial charge >= 0.3 is 5.97 Å². The zero-order valence-corrected chi connectivity index (χ0v) is 16.0. The first kappa shape index (κ1) is 19.2. The lowest BCUT2D eigenvalue weighted by Crippen LogP contribution is -2.32. The fourth-order valence-corrected chi connectivity index (χ4v) is 3.37. The van der Waals surface area contributed by atoms with Crippen molar-refractivity contribution >= 4 is 5.97 Å². The molecular formula is C21H26N2O4. The van der Waals surface area contributed by atoms with Gasteiger partial charge in [0.05, 0.1) is 11.6 Å². The van der Waals surface area contributed by atoms with Gasteiger partial charge in [-0.05, 0) is 43.0 Å². The van der Waals surface area contributed by atoms with Gasteiger partial charge in [0.1, 0.15) is 11.9 Å². The van der Waals surface area contributed by atoms with Crippen LogP contribution >= 0.6 is 0 Å². The van der Waals surface area contributed by atoms with Crippen LogP contribution in [0.3, 0.4) is 0 Å². The molecule has 0 aliphatic carbocycles. The molecule has 0 saturated carbocycles. The van der Waals surface area contributed by atoms with Gasteiger partial charge in [-0.1, -0.05) is 25.1 Å². The van der Waals surface area contributed by atoms with E-state index in [1.54, 1.807) is 13.0 Å². The van der Waals surface area contributed by atoms with Gasteiger partial charge in [-0.15, -0.1) is 0 Å². The van der Waals surface area contributed by atoms with Gasteiger partial charge in [0.15, 0.2) is 0 Å². The van der Waals surface area contributed by atoms with Crippen LogP contribution in [0.2, 0.25) is 0 Å². The average molecular weight is 370 g/mol. The van der Waals surface area contributed by atoms with E-state index in [2.05, 4.69) is 16.8 Å². The lowest BCUT2D eigenvalue weighted by atomic mass is 9.96. The number of hydrogen-bond acceptors (Lipinski definition) is 4. The molecule has 1 aromatic heterocycles. The highest BCUT2D eigenvalue weighted by Gasteiger charge is 2.23. The molecule has 1 aromatic carbocycles. The van der Waals surface area contributed by atoms with E-state index >= 15 is 0 Å². The molecule has 0 radical (unpaired) electrons. The van der Waals surface area contributed by atoms with E-state index in [9.17, 15) is 14.7 Å². The standard InChI is InChI=1S/C21H26N2O4/c1-4-17-11-23(12-18-19(27-17)7-8-20(24)22-18)10-16-9-15(6-5-13(16)2)14(3)21(25)26/h5-9,14,17H,4,10-12H2,1-3H3,(H,22,24)(H,25,26)/t14?,17-/m1/s1. The van der Waals surface area contributed by atoms with Gasteiger partial charge < -0.3 is 14.8 Å². The van der Waals surface area contributed by atoms with Crippen LogP contribution in [0, 0.1) is 6.92 Å². The quantitative estimate of drug-likeness (QED) is 0.845. The second-order valence-electron chi connectivity index (χ2n) is 7.23. The summed E-state index contributed by atoms with van der Waals surface area (Å²) in [4.78, 5) is 28.2. The number of carbonyl (C=O) groups is 1. The predicted octanol–water partition coefficient (Wildman–Crippen LogP) is 3.04. The van der Waals surface area contributed by atoms with Crippen molar-refractivity contribution in [3.05, 3.63) is 63.1 Å². The van der Waals surface area contributed by atoms with Crippen LogP contribution in [0.5, 0.6) is 5.75 Å². The van der Waals surface area contributed by atoms with E-state index in [-0.39, 0.29) is 11.7 Å². The number of aromatic amines is 1. The minimum Gasteiger partial charge on any atom is -0.487 e. The van der Waals surface area contributed by atoms with Crippen LogP contribution in [-0.4, -0.2) is 33.6 Å². The number of rotatable bonds is 5. The summed E-state index contributed by atoms with van der Waals surface area (Å²) in [5, 5.41) is 9.30. The number of fused-ring (bicyclic) bond motifs is 1. The second kappa shape index (κ2) is 7.96. The van der Waals surface area contributed by atoms with Crippen molar-refractivity contribution < 1.29 is 14.6 Å². The number of ether oxygens (including phenoxy) is 1. The zero-order valence-electron chi connectivity index (χ0n) is 16.0. The van der Waals surface area contributed by atoms with Crippen molar-refractivity contribution in [2.45, 2.75) is 52.3 Å². The summed E-state index contributed by atoms with van der Waals surface area (Å²) in [7, 11) is 0. The lowest BCUT2D eigenvalue weighted by molar-refractivity contribution is -0.138. The summed E-state index contributed by atoms with van der Waals surface area (Å²) in [5.41, 5.74) is 3.66. The van der Waals surface area contributed by atoms with E-state index in [1.165, 1.54) is 6.07 Å². The normalized spacial score (nSPS) is 18.3. The SMILES string of the molecule is CC[C@@H]1CN(Cc2cc(C(C)C(=O)O)ccc2C)Cc2[nH]c(=O)ccc2O1. The Bertz CT molecular complexity index is 890. The Morgan fingerprint density at radius 3 is 2.85 bits per heavy atom. The minimum absolute atomic E-state index is 0.0404. The van der Waals surface area contributed by atoms with Crippen LogP contribution in [0.15, 0.2) is 35.1 Å². The van der Waals surface area contributed by atoms with Gasteiger partial charge in [-0.2, -0.15) is 0 Å². The van der Waals surface area contributed by atoms with Crippen LogP contribution in [0.1, 0.15) is 48.6 Å². The van der Waals surface area contributed by atoms with Crippen LogP contribution < -0.4 is 10.3 Å². The maximum Gasteiger partial charge on any atom is 0.310 e. The van der Waals surface area contributed by atoms with Crippen molar-refractivity contribution in [1.82, 2.24) is 9.88 Å². The van der Waals surface area contributed by atoms with Crippen molar-refractivity contribution in [2.75, 3.05) is 6.54 Å². The molecule has 6 nitrogen and oxygen atoms in total. The Morgan fingerprint density at radius 2 is 2.15 bits per heavy atom. The Kier molecular flexibility index (Phi) is 5.65. The molecule has 2 aromatic rings. The van der Waals surface area contributed by atoms with Crippen LogP contribution in [0.25, 0.3) is 0 Å². The maximum atomic E-state index is 11.7. The average Bonchev–Trinajstić information content (AvgIpc) is 2.81. The summed E-state index contributed by atoms with van der Waals surface area (Å²) >= 11 is 0. The Labute approximate surface area is 158 Å². The summed E-state index contributed by atoms with van der Waals surface area (Å²) in [5.74, 6) is -0.642. The minimum atomic E-state index is -0.828. The van der Waals surface area contributed by atoms with Crippen molar-refractivity contribution in [1.29, 1.82) is 0 Å². The van der Waals surface area contributed by atoms with Crippen molar-refractivity contribution in [3.8, 4) is 5.75 Å². The number of aryl methyl sites for hydroxylation is 1. The first-order chi connectivity index (χ1) is 12.9. The fraction of sp³-hybridized carbons (Fsp3) is 0.429. The van der Waals surface area contributed by atoms with E-state index in [4.69, 9.17) is 4.74 Å². The highest BCUT2D eigenvalue weighted by atomic mass is 16.5. The molecule has 0 bridgehead atoms. The van der Waals surface area contributed by atoms with E-state index in [0.717, 1.165) is 41.1 Å². The number of pyridine rings is 1. The summed E-state index contributed by atoms with van der Waals surface area (Å²) < 4.78 is 6.06. The van der Waals surface area contributed by atoms with Gasteiger partial charge in [0.25, 0.3) is 0 Å². The summed E-state index contributed by atoms with van der Waals surface area (Å²) in [6, 6.07) is 9.06. The number of nitrogens with one attached hydrogen (secondary N) is 1. The number of benzene rings is 1. The van der Waals surface area contributed by atoms with Gasteiger partial charge in [-0.25, -0.2) is 0 Å². The molecule has 0 saturated heterocycles. The molecule has 3 rings (SSSR count). The largest absolute Gasteiger partial charge is 0.487 e. The summed E-state index contributed by atoms with van der Waals surface area (Å²) in [6.45, 7) is 7.81. The number of carboxylic acids is 1. The molecule has 6 heteroatoms. The third kappa shape index (κ3) is 4.39. The molecular weight excluding hydrogens is 344 g/mol. The zero-order chi connectivity index (χ0) is 19.6. The van der Waals surface area contributed by atoms with Gasteiger partial charge in [0.2, 0.25) is 5.56 Å². The number of aliphatic carboxylic acids is 1. The first-order valence-corrected chi connectivity index (χ1v) is 9.30. The second-order valence-corrected chi connectivity index (χ2v) is 7.23. The molecule has 27 heavy (non-hydrogen) atoms. The van der Waals surface area contributed by atoms with E-state index in [1.807, 2.05) is 25.1 Å². The fourth-order valence-electron chi connectivity index (χ4n) is 3.37. The summed E-state index contributed by atoms with van der Waals surface area (Å²) in [6.07, 6.45) is 0.906. The highest BCUT2D eigenvalue weighted by Crippen LogP contribution is 2.26. The third-order valence-corrected chi connectivity index (χ3v) is 5.19. The molecule has 0 amide bonds. The molecule has 2 heterocycles. The lowest BCUT2D eigenvalue weighted by Gasteiger charge is -2.24. The Balaban J connectivity index is 1.89. The number of nitrogens with zero attached hydrogens (tertiary/aromatic N) is 1. The number of carboxylic acid groups (broad SMARTS) is 1. The predicted molar refractivity (Wildman–Crippen MR) is 103 cm³/mol. The molecule has 1 aliphatic heterocycles.